The van der Waals surface area contributed by atoms with Gasteiger partial charge in [-0.05, 0) is 19.3 Å². The van der Waals surface area contributed by atoms with Gasteiger partial charge in [-0.1, -0.05) is 83.2 Å². The number of alkyl halides is 1. The molecular formula is C17H33ClO2. The monoisotopic (exact) mass is 304 g/mol. The van der Waals surface area contributed by atoms with Gasteiger partial charge >= 0.3 is 5.97 Å². The zero-order valence-electron chi connectivity index (χ0n) is 13.6. The highest BCUT2D eigenvalue weighted by Crippen LogP contribution is 2.17. The van der Waals surface area contributed by atoms with E-state index in [1.54, 1.807) is 6.92 Å². The van der Waals surface area contributed by atoms with Crippen LogP contribution in [-0.4, -0.2) is 11.5 Å². The zero-order valence-corrected chi connectivity index (χ0v) is 14.4. The van der Waals surface area contributed by atoms with Gasteiger partial charge in [0.15, 0.2) is 5.56 Å². The number of carbonyl (C=O) groups excluding carboxylic acids is 1. The second-order valence-electron chi connectivity index (χ2n) is 5.94. The molecule has 0 saturated carbocycles. The summed E-state index contributed by atoms with van der Waals surface area (Å²) in [5.74, 6) is 0.611. The van der Waals surface area contributed by atoms with E-state index in [-0.39, 0.29) is 5.97 Å². The van der Waals surface area contributed by atoms with E-state index in [0.29, 0.717) is 6.42 Å². The summed E-state index contributed by atoms with van der Waals surface area (Å²) in [6.45, 7) is 6.25. The van der Waals surface area contributed by atoms with Gasteiger partial charge in [0.05, 0.1) is 0 Å². The lowest BCUT2D eigenvalue weighted by atomic mass is 9.96. The Balaban J connectivity index is 3.32. The maximum absolute atomic E-state index is 11.3. The molecule has 0 amide bonds. The molecule has 0 rings (SSSR count). The SMILES string of the molecule is CCCCCCCCC(C)CCCCC(=O)OC(C)Cl. The van der Waals surface area contributed by atoms with E-state index in [9.17, 15) is 4.79 Å². The van der Waals surface area contributed by atoms with Crippen molar-refractivity contribution in [3.05, 3.63) is 0 Å². The van der Waals surface area contributed by atoms with Crippen molar-refractivity contribution in [1.29, 1.82) is 0 Å². The molecule has 0 aromatic heterocycles. The Hall–Kier alpha value is -0.240. The Labute approximate surface area is 130 Å². The molecule has 0 spiro atoms. The zero-order chi connectivity index (χ0) is 15.2. The highest BCUT2D eigenvalue weighted by molar-refractivity contribution is 6.19. The summed E-state index contributed by atoms with van der Waals surface area (Å²) >= 11 is 5.60. The third-order valence-electron chi connectivity index (χ3n) is 3.67. The van der Waals surface area contributed by atoms with Crippen LogP contribution in [0.1, 0.15) is 91.4 Å². The Kier molecular flexibility index (Phi) is 13.6. The van der Waals surface area contributed by atoms with Crippen LogP contribution in [-0.2, 0) is 9.53 Å². The van der Waals surface area contributed by atoms with Gasteiger partial charge in [-0.3, -0.25) is 4.79 Å². The first kappa shape index (κ1) is 19.8. The molecule has 0 fully saturated rings. The first-order valence-electron chi connectivity index (χ1n) is 8.39. The van der Waals surface area contributed by atoms with Gasteiger partial charge in [0.25, 0.3) is 0 Å². The molecule has 20 heavy (non-hydrogen) atoms. The fraction of sp³-hybridized carbons (Fsp3) is 0.941. The van der Waals surface area contributed by atoms with Crippen molar-refractivity contribution in [3.8, 4) is 0 Å². The molecular weight excluding hydrogens is 272 g/mol. The summed E-state index contributed by atoms with van der Waals surface area (Å²) in [5, 5.41) is 0. The smallest absolute Gasteiger partial charge is 0.307 e. The van der Waals surface area contributed by atoms with Crippen molar-refractivity contribution in [1.82, 2.24) is 0 Å². The second-order valence-corrected chi connectivity index (χ2v) is 6.55. The van der Waals surface area contributed by atoms with Crippen LogP contribution in [0.15, 0.2) is 0 Å². The molecule has 0 aliphatic heterocycles. The lowest BCUT2D eigenvalue weighted by molar-refractivity contribution is -0.144. The number of esters is 1. The van der Waals surface area contributed by atoms with Gasteiger partial charge in [0.2, 0.25) is 0 Å². The number of hydrogen-bond acceptors (Lipinski definition) is 2. The molecule has 0 aromatic carbocycles. The van der Waals surface area contributed by atoms with E-state index in [4.69, 9.17) is 16.3 Å². The minimum Gasteiger partial charge on any atom is -0.446 e. The van der Waals surface area contributed by atoms with Crippen molar-refractivity contribution < 1.29 is 9.53 Å². The third kappa shape index (κ3) is 14.2. The standard InChI is InChI=1S/C17H33ClO2/c1-4-5-6-7-8-9-12-15(2)13-10-11-14-17(19)20-16(3)18/h15-16H,4-14H2,1-3H3. The second kappa shape index (κ2) is 13.7. The van der Waals surface area contributed by atoms with E-state index in [2.05, 4.69) is 13.8 Å². The van der Waals surface area contributed by atoms with E-state index < -0.39 is 5.56 Å². The van der Waals surface area contributed by atoms with Gasteiger partial charge in [-0.15, -0.1) is 0 Å². The van der Waals surface area contributed by atoms with Crippen molar-refractivity contribution in [2.45, 2.75) is 97.0 Å². The number of halogens is 1. The van der Waals surface area contributed by atoms with Crippen LogP contribution in [0.5, 0.6) is 0 Å². The average Bonchev–Trinajstić information content (AvgIpc) is 2.38. The van der Waals surface area contributed by atoms with E-state index in [0.717, 1.165) is 18.8 Å². The molecule has 2 nitrogen and oxygen atoms in total. The topological polar surface area (TPSA) is 26.3 Å². The van der Waals surface area contributed by atoms with Gasteiger partial charge in [-0.2, -0.15) is 0 Å². The summed E-state index contributed by atoms with van der Waals surface area (Å²) in [6.07, 6.45) is 13.3. The van der Waals surface area contributed by atoms with Crippen LogP contribution < -0.4 is 0 Å². The number of ether oxygens (including phenoxy) is 1. The lowest BCUT2D eigenvalue weighted by Crippen LogP contribution is -2.09. The summed E-state index contributed by atoms with van der Waals surface area (Å²) < 4.78 is 4.90. The number of carbonyl (C=O) groups is 1. The Bertz CT molecular complexity index is 229. The molecule has 0 aliphatic rings. The molecule has 3 heteroatoms. The maximum Gasteiger partial charge on any atom is 0.307 e. The van der Waals surface area contributed by atoms with Gasteiger partial charge < -0.3 is 4.74 Å². The van der Waals surface area contributed by atoms with Crippen LogP contribution in [0.25, 0.3) is 0 Å². The average molecular weight is 305 g/mol. The highest BCUT2D eigenvalue weighted by Gasteiger charge is 2.07. The minimum absolute atomic E-state index is 0.170. The molecule has 0 heterocycles. The van der Waals surface area contributed by atoms with E-state index in [1.165, 1.54) is 51.4 Å². The number of rotatable bonds is 13. The van der Waals surface area contributed by atoms with E-state index in [1.807, 2.05) is 0 Å². The Morgan fingerprint density at radius 2 is 1.50 bits per heavy atom. The molecule has 0 aliphatic carbocycles. The van der Waals surface area contributed by atoms with Crippen LogP contribution in [0.3, 0.4) is 0 Å². The molecule has 2 unspecified atom stereocenters. The summed E-state index contributed by atoms with van der Waals surface area (Å²) in [4.78, 5) is 11.3. The largest absolute Gasteiger partial charge is 0.446 e. The lowest BCUT2D eigenvalue weighted by Gasteiger charge is -2.11. The maximum atomic E-state index is 11.3. The van der Waals surface area contributed by atoms with Gasteiger partial charge in [-0.25, -0.2) is 0 Å². The predicted octanol–water partition coefficient (Wildman–Crippen LogP) is 6.06. The summed E-state index contributed by atoms with van der Waals surface area (Å²) in [6, 6.07) is 0. The van der Waals surface area contributed by atoms with Crippen LogP contribution in [0.4, 0.5) is 0 Å². The van der Waals surface area contributed by atoms with Crippen LogP contribution >= 0.6 is 11.6 Å². The van der Waals surface area contributed by atoms with Crippen molar-refractivity contribution >= 4 is 17.6 Å². The predicted molar refractivity (Wildman–Crippen MR) is 87.0 cm³/mol. The molecule has 0 N–H and O–H groups in total. The molecule has 120 valence electrons. The van der Waals surface area contributed by atoms with Crippen molar-refractivity contribution in [2.75, 3.05) is 0 Å². The Morgan fingerprint density at radius 1 is 0.950 bits per heavy atom. The third-order valence-corrected chi connectivity index (χ3v) is 3.76. The fourth-order valence-electron chi connectivity index (χ4n) is 2.42. The Morgan fingerprint density at radius 3 is 2.10 bits per heavy atom. The van der Waals surface area contributed by atoms with Crippen LogP contribution in [0, 0.1) is 5.92 Å². The molecule has 2 atom stereocenters. The van der Waals surface area contributed by atoms with Crippen molar-refractivity contribution in [3.63, 3.8) is 0 Å². The number of unbranched alkanes of at least 4 members (excludes halogenated alkanes) is 6. The fourth-order valence-corrected chi connectivity index (χ4v) is 2.52. The first-order chi connectivity index (χ1) is 9.56. The van der Waals surface area contributed by atoms with Gasteiger partial charge in [0, 0.05) is 6.42 Å². The first-order valence-corrected chi connectivity index (χ1v) is 8.83. The highest BCUT2D eigenvalue weighted by atomic mass is 35.5. The summed E-state index contributed by atoms with van der Waals surface area (Å²) in [7, 11) is 0. The minimum atomic E-state index is -0.505. The quantitative estimate of drug-likeness (QED) is 0.235. The molecule has 0 radical (unpaired) electrons. The summed E-state index contributed by atoms with van der Waals surface area (Å²) in [5.41, 5.74) is -0.505. The molecule has 0 aromatic rings. The van der Waals surface area contributed by atoms with Gasteiger partial charge in [0.1, 0.15) is 0 Å². The molecule has 0 bridgehead atoms. The number of hydrogen-bond donors (Lipinski definition) is 0. The van der Waals surface area contributed by atoms with Crippen molar-refractivity contribution in [2.24, 2.45) is 5.92 Å². The molecule has 0 saturated heterocycles. The normalized spacial score (nSPS) is 14.0. The van der Waals surface area contributed by atoms with E-state index >= 15 is 0 Å². The van der Waals surface area contributed by atoms with Crippen LogP contribution in [0.2, 0.25) is 0 Å².